The zero-order valence-electron chi connectivity index (χ0n) is 8.40. The average Bonchev–Trinajstić information content (AvgIpc) is 2.65. The molecule has 2 atom stereocenters. The molecule has 0 unspecified atom stereocenters. The van der Waals surface area contributed by atoms with Crippen LogP contribution < -0.4 is 4.74 Å². The van der Waals surface area contributed by atoms with Crippen LogP contribution in [0, 0.1) is 0 Å². The molecule has 76 valence electrons. The van der Waals surface area contributed by atoms with Gasteiger partial charge in [0.2, 0.25) is 0 Å². The maximum absolute atomic E-state index is 5.59. The molecule has 2 rings (SSSR count). The lowest BCUT2D eigenvalue weighted by molar-refractivity contribution is -0.0584. The lowest BCUT2D eigenvalue weighted by Crippen LogP contribution is -2.03. The summed E-state index contributed by atoms with van der Waals surface area (Å²) >= 11 is 0. The van der Waals surface area contributed by atoms with Gasteiger partial charge < -0.3 is 14.2 Å². The van der Waals surface area contributed by atoms with Crippen molar-refractivity contribution in [3.63, 3.8) is 0 Å². The number of para-hydroxylation sites is 1. The second-order valence-corrected chi connectivity index (χ2v) is 3.35. The molecule has 1 aromatic rings. The van der Waals surface area contributed by atoms with E-state index in [1.54, 1.807) is 7.11 Å². The van der Waals surface area contributed by atoms with Gasteiger partial charge in [-0.15, -0.1) is 0 Å². The summed E-state index contributed by atoms with van der Waals surface area (Å²) in [5.41, 5.74) is 0.958. The Morgan fingerprint density at radius 3 is 2.79 bits per heavy atom. The van der Waals surface area contributed by atoms with Crippen LogP contribution in [0.15, 0.2) is 24.3 Å². The molecule has 1 fully saturated rings. The minimum Gasteiger partial charge on any atom is -0.496 e. The first-order chi connectivity index (χ1) is 6.81. The Labute approximate surface area is 83.6 Å². The number of rotatable bonds is 2. The molecule has 0 bridgehead atoms. The number of hydrogen-bond donors (Lipinski definition) is 0. The van der Waals surface area contributed by atoms with Crippen LogP contribution in [0.25, 0.3) is 0 Å². The van der Waals surface area contributed by atoms with E-state index in [0.29, 0.717) is 6.61 Å². The third-order valence-electron chi connectivity index (χ3n) is 2.23. The molecule has 1 heterocycles. The Kier molecular flexibility index (Phi) is 2.70. The summed E-state index contributed by atoms with van der Waals surface area (Å²) in [4.78, 5) is 0. The summed E-state index contributed by atoms with van der Waals surface area (Å²) in [6.45, 7) is 2.64. The fourth-order valence-corrected chi connectivity index (χ4v) is 1.54. The molecule has 1 aliphatic rings. The van der Waals surface area contributed by atoms with Crippen molar-refractivity contribution in [1.29, 1.82) is 0 Å². The van der Waals surface area contributed by atoms with Gasteiger partial charge in [-0.2, -0.15) is 0 Å². The molecule has 3 heteroatoms. The van der Waals surface area contributed by atoms with Crippen molar-refractivity contribution in [1.82, 2.24) is 0 Å². The summed E-state index contributed by atoms with van der Waals surface area (Å²) in [5.74, 6) is 0.812. The van der Waals surface area contributed by atoms with Gasteiger partial charge in [0.1, 0.15) is 5.75 Å². The minimum atomic E-state index is -0.277. The molecule has 1 aliphatic heterocycles. The SMILES string of the molecule is COc1ccccc1[C@H]1OC[C@@H](C)O1. The molecule has 0 aliphatic carbocycles. The molecule has 1 saturated heterocycles. The van der Waals surface area contributed by atoms with Crippen LogP contribution in [0.3, 0.4) is 0 Å². The highest BCUT2D eigenvalue weighted by atomic mass is 16.7. The van der Waals surface area contributed by atoms with Crippen LogP contribution in [0.1, 0.15) is 18.8 Å². The van der Waals surface area contributed by atoms with Crippen LogP contribution in [-0.4, -0.2) is 19.8 Å². The van der Waals surface area contributed by atoms with E-state index in [4.69, 9.17) is 14.2 Å². The van der Waals surface area contributed by atoms with E-state index in [1.165, 1.54) is 0 Å². The lowest BCUT2D eigenvalue weighted by atomic mass is 10.2. The quantitative estimate of drug-likeness (QED) is 0.721. The third-order valence-corrected chi connectivity index (χ3v) is 2.23. The van der Waals surface area contributed by atoms with Crippen molar-refractivity contribution in [2.75, 3.05) is 13.7 Å². The van der Waals surface area contributed by atoms with E-state index in [2.05, 4.69) is 0 Å². The van der Waals surface area contributed by atoms with E-state index in [1.807, 2.05) is 31.2 Å². The van der Waals surface area contributed by atoms with Crippen molar-refractivity contribution < 1.29 is 14.2 Å². The molecular weight excluding hydrogens is 180 g/mol. The first-order valence-electron chi connectivity index (χ1n) is 4.71. The Bertz CT molecular complexity index is 311. The predicted octanol–water partition coefficient (Wildman–Crippen LogP) is 2.13. The van der Waals surface area contributed by atoms with Crippen molar-refractivity contribution in [3.8, 4) is 5.75 Å². The van der Waals surface area contributed by atoms with E-state index in [-0.39, 0.29) is 12.4 Å². The molecule has 0 amide bonds. The maximum atomic E-state index is 5.59. The third kappa shape index (κ3) is 1.74. The number of methoxy groups -OCH3 is 1. The summed E-state index contributed by atoms with van der Waals surface area (Å²) in [6.07, 6.45) is -0.119. The first-order valence-corrected chi connectivity index (χ1v) is 4.71. The highest BCUT2D eigenvalue weighted by Crippen LogP contribution is 2.32. The highest BCUT2D eigenvalue weighted by Gasteiger charge is 2.26. The molecule has 14 heavy (non-hydrogen) atoms. The van der Waals surface area contributed by atoms with Gasteiger partial charge in [0, 0.05) is 5.56 Å². The van der Waals surface area contributed by atoms with Gasteiger partial charge in [-0.05, 0) is 13.0 Å². The zero-order valence-corrected chi connectivity index (χ0v) is 8.40. The normalized spacial score (nSPS) is 26.4. The van der Waals surface area contributed by atoms with Gasteiger partial charge in [-0.3, -0.25) is 0 Å². The van der Waals surface area contributed by atoms with Gasteiger partial charge in [0.15, 0.2) is 6.29 Å². The fourth-order valence-electron chi connectivity index (χ4n) is 1.54. The fraction of sp³-hybridized carbons (Fsp3) is 0.455. The molecule has 0 saturated carbocycles. The predicted molar refractivity (Wildman–Crippen MR) is 52.2 cm³/mol. The second kappa shape index (κ2) is 3.98. The zero-order chi connectivity index (χ0) is 9.97. The largest absolute Gasteiger partial charge is 0.496 e. The van der Waals surface area contributed by atoms with Gasteiger partial charge in [-0.25, -0.2) is 0 Å². The molecule has 1 aromatic carbocycles. The summed E-state index contributed by atoms with van der Waals surface area (Å²) < 4.78 is 16.3. The molecule has 0 radical (unpaired) electrons. The van der Waals surface area contributed by atoms with Crippen LogP contribution in [0.5, 0.6) is 5.75 Å². The highest BCUT2D eigenvalue weighted by molar-refractivity contribution is 5.34. The van der Waals surface area contributed by atoms with E-state index in [9.17, 15) is 0 Å². The number of hydrogen-bond acceptors (Lipinski definition) is 3. The van der Waals surface area contributed by atoms with Crippen molar-refractivity contribution in [2.24, 2.45) is 0 Å². The molecule has 0 N–H and O–H groups in total. The Balaban J connectivity index is 2.22. The standard InChI is InChI=1S/C11H14O3/c1-8-7-13-11(14-8)9-5-3-4-6-10(9)12-2/h3-6,8,11H,7H2,1-2H3/t8-,11+/m1/s1. The first kappa shape index (κ1) is 9.49. The van der Waals surface area contributed by atoms with E-state index in [0.717, 1.165) is 11.3 Å². The van der Waals surface area contributed by atoms with Crippen LogP contribution in [-0.2, 0) is 9.47 Å². The summed E-state index contributed by atoms with van der Waals surface area (Å²) in [5, 5.41) is 0. The monoisotopic (exact) mass is 194 g/mol. The van der Waals surface area contributed by atoms with Gasteiger partial charge in [0.05, 0.1) is 19.8 Å². The van der Waals surface area contributed by atoms with Crippen molar-refractivity contribution in [3.05, 3.63) is 29.8 Å². The smallest absolute Gasteiger partial charge is 0.187 e. The topological polar surface area (TPSA) is 27.7 Å². The molecule has 0 aromatic heterocycles. The summed E-state index contributed by atoms with van der Waals surface area (Å²) in [7, 11) is 1.65. The minimum absolute atomic E-state index is 0.157. The van der Waals surface area contributed by atoms with Gasteiger partial charge in [-0.1, -0.05) is 18.2 Å². The van der Waals surface area contributed by atoms with Gasteiger partial charge >= 0.3 is 0 Å². The summed E-state index contributed by atoms with van der Waals surface area (Å²) in [6, 6.07) is 7.75. The second-order valence-electron chi connectivity index (χ2n) is 3.35. The molecule has 0 spiro atoms. The lowest BCUT2D eigenvalue weighted by Gasteiger charge is -2.13. The Hall–Kier alpha value is -1.06. The Morgan fingerprint density at radius 1 is 1.36 bits per heavy atom. The average molecular weight is 194 g/mol. The van der Waals surface area contributed by atoms with Gasteiger partial charge in [0.25, 0.3) is 0 Å². The maximum Gasteiger partial charge on any atom is 0.187 e. The number of benzene rings is 1. The van der Waals surface area contributed by atoms with E-state index < -0.39 is 0 Å². The van der Waals surface area contributed by atoms with Crippen LogP contribution >= 0.6 is 0 Å². The van der Waals surface area contributed by atoms with Crippen LogP contribution in [0.4, 0.5) is 0 Å². The number of ether oxygens (including phenoxy) is 3. The van der Waals surface area contributed by atoms with Crippen LogP contribution in [0.2, 0.25) is 0 Å². The van der Waals surface area contributed by atoms with Crippen molar-refractivity contribution >= 4 is 0 Å². The Morgan fingerprint density at radius 2 is 2.14 bits per heavy atom. The van der Waals surface area contributed by atoms with E-state index >= 15 is 0 Å². The molecular formula is C11H14O3. The van der Waals surface area contributed by atoms with Crippen molar-refractivity contribution in [2.45, 2.75) is 19.3 Å². The molecule has 3 nitrogen and oxygen atoms in total.